The number of hydrogen-bond acceptors (Lipinski definition) is 4. The van der Waals surface area contributed by atoms with Gasteiger partial charge in [-0.05, 0) is 30.9 Å². The van der Waals surface area contributed by atoms with E-state index in [-0.39, 0.29) is 6.04 Å². The molecule has 114 valence electrons. The lowest BCUT2D eigenvalue weighted by Crippen LogP contribution is -2.26. The fraction of sp³-hybridized carbons (Fsp3) is 0.714. The molecule has 1 aromatic heterocycles. The van der Waals surface area contributed by atoms with E-state index in [1.54, 1.807) is 6.07 Å². The minimum Gasteiger partial charge on any atom is -0.310 e. The highest BCUT2D eigenvalue weighted by Gasteiger charge is 2.39. The summed E-state index contributed by atoms with van der Waals surface area (Å²) < 4.78 is 27.9. The molecule has 20 heavy (non-hydrogen) atoms. The number of nitrogens with one attached hydrogen (secondary N) is 2. The maximum absolute atomic E-state index is 12.3. The predicted octanol–water partition coefficient (Wildman–Crippen LogP) is 2.63. The first-order chi connectivity index (χ1) is 9.33. The summed E-state index contributed by atoms with van der Waals surface area (Å²) >= 11 is 1.37. The summed E-state index contributed by atoms with van der Waals surface area (Å²) in [5, 5.41) is 3.33. The third-order valence-corrected chi connectivity index (χ3v) is 6.89. The number of thiophene rings is 1. The zero-order chi connectivity index (χ0) is 14.9. The molecule has 2 atom stereocenters. The van der Waals surface area contributed by atoms with Crippen molar-refractivity contribution in [3.05, 3.63) is 16.5 Å². The van der Waals surface area contributed by atoms with E-state index in [4.69, 9.17) is 0 Å². The van der Waals surface area contributed by atoms with Gasteiger partial charge in [0.1, 0.15) is 4.21 Å². The van der Waals surface area contributed by atoms with Gasteiger partial charge < -0.3 is 5.32 Å². The highest BCUT2D eigenvalue weighted by atomic mass is 32.2. The molecule has 2 rings (SSSR count). The van der Waals surface area contributed by atoms with Crippen molar-refractivity contribution >= 4 is 21.4 Å². The highest BCUT2D eigenvalue weighted by molar-refractivity contribution is 7.91. The first-order valence-corrected chi connectivity index (χ1v) is 9.48. The molecule has 0 spiro atoms. The van der Waals surface area contributed by atoms with Crippen LogP contribution >= 0.6 is 11.3 Å². The van der Waals surface area contributed by atoms with Gasteiger partial charge in [-0.3, -0.25) is 0 Å². The van der Waals surface area contributed by atoms with Gasteiger partial charge in [-0.1, -0.05) is 27.2 Å². The second kappa shape index (κ2) is 6.13. The average Bonchev–Trinajstić information content (AvgIpc) is 2.98. The van der Waals surface area contributed by atoms with E-state index < -0.39 is 10.0 Å². The summed E-state index contributed by atoms with van der Waals surface area (Å²) in [6.45, 7) is 8.97. The van der Waals surface area contributed by atoms with Crippen molar-refractivity contribution in [2.24, 2.45) is 5.92 Å². The van der Waals surface area contributed by atoms with Crippen molar-refractivity contribution in [3.63, 3.8) is 0 Å². The summed E-state index contributed by atoms with van der Waals surface area (Å²) in [7, 11) is -3.34. The van der Waals surface area contributed by atoms with Gasteiger partial charge in [0.2, 0.25) is 10.0 Å². The van der Waals surface area contributed by atoms with E-state index in [2.05, 4.69) is 30.8 Å². The lowest BCUT2D eigenvalue weighted by Gasteiger charge is -2.06. The predicted molar refractivity (Wildman–Crippen MR) is 83.5 cm³/mol. The van der Waals surface area contributed by atoms with Crippen molar-refractivity contribution < 1.29 is 8.42 Å². The Labute approximate surface area is 126 Å². The van der Waals surface area contributed by atoms with Crippen molar-refractivity contribution in [2.75, 3.05) is 0 Å². The van der Waals surface area contributed by atoms with E-state index in [9.17, 15) is 8.42 Å². The molecule has 0 radical (unpaired) electrons. The largest absolute Gasteiger partial charge is 0.310 e. The smallest absolute Gasteiger partial charge is 0.250 e. The molecule has 0 saturated heterocycles. The second-order valence-corrected chi connectivity index (χ2v) is 8.92. The molecule has 1 aliphatic rings. The molecule has 1 aromatic rings. The van der Waals surface area contributed by atoms with Crippen LogP contribution < -0.4 is 10.0 Å². The Morgan fingerprint density at radius 3 is 2.70 bits per heavy atom. The van der Waals surface area contributed by atoms with Gasteiger partial charge in [0.25, 0.3) is 0 Å². The monoisotopic (exact) mass is 316 g/mol. The summed E-state index contributed by atoms with van der Waals surface area (Å²) in [6, 6.07) is 2.32. The first-order valence-electron chi connectivity index (χ1n) is 7.18. The molecule has 2 unspecified atom stereocenters. The van der Waals surface area contributed by atoms with Crippen LogP contribution in [0.1, 0.15) is 44.1 Å². The Kier molecular flexibility index (Phi) is 4.89. The Morgan fingerprint density at radius 2 is 2.15 bits per heavy atom. The topological polar surface area (TPSA) is 58.2 Å². The summed E-state index contributed by atoms with van der Waals surface area (Å²) in [6.07, 6.45) is 2.02. The molecule has 4 nitrogen and oxygen atoms in total. The average molecular weight is 316 g/mol. The van der Waals surface area contributed by atoms with Crippen LogP contribution in [0.3, 0.4) is 0 Å². The molecule has 0 amide bonds. The molecule has 6 heteroatoms. The van der Waals surface area contributed by atoms with Gasteiger partial charge >= 0.3 is 0 Å². The van der Waals surface area contributed by atoms with E-state index >= 15 is 0 Å². The van der Waals surface area contributed by atoms with Crippen molar-refractivity contribution in [1.82, 2.24) is 10.0 Å². The van der Waals surface area contributed by atoms with Crippen LogP contribution in [0.25, 0.3) is 0 Å². The van der Waals surface area contributed by atoms with Gasteiger partial charge in [0.05, 0.1) is 0 Å². The fourth-order valence-corrected chi connectivity index (χ4v) is 5.07. The van der Waals surface area contributed by atoms with Crippen LogP contribution in [-0.4, -0.2) is 20.5 Å². The second-order valence-electron chi connectivity index (χ2n) is 5.84. The molecule has 1 heterocycles. The standard InChI is InChI=1S/C14H24N2O2S2/c1-5-11-7-12(11)16-20(17,18)14-6-10(4)13(19-14)8-15-9(2)3/h6,9,11-12,15-16H,5,7-8H2,1-4H3. The summed E-state index contributed by atoms with van der Waals surface area (Å²) in [4.78, 5) is 1.10. The molecule has 0 aliphatic heterocycles. The fourth-order valence-electron chi connectivity index (χ4n) is 2.19. The van der Waals surface area contributed by atoms with Crippen LogP contribution in [0.2, 0.25) is 0 Å². The zero-order valence-electron chi connectivity index (χ0n) is 12.6. The van der Waals surface area contributed by atoms with Gasteiger partial charge in [-0.25, -0.2) is 13.1 Å². The molecular weight excluding hydrogens is 292 g/mol. The van der Waals surface area contributed by atoms with Gasteiger partial charge in [-0.15, -0.1) is 11.3 Å². The number of sulfonamides is 1. The minimum absolute atomic E-state index is 0.143. The van der Waals surface area contributed by atoms with Gasteiger partial charge in [-0.2, -0.15) is 0 Å². The van der Waals surface area contributed by atoms with Gasteiger partial charge in [0.15, 0.2) is 0 Å². The highest BCUT2D eigenvalue weighted by Crippen LogP contribution is 2.35. The van der Waals surface area contributed by atoms with Crippen LogP contribution in [0.5, 0.6) is 0 Å². The number of hydrogen-bond donors (Lipinski definition) is 2. The number of rotatable bonds is 7. The van der Waals surface area contributed by atoms with Gasteiger partial charge in [0, 0.05) is 23.5 Å². The maximum Gasteiger partial charge on any atom is 0.250 e. The molecule has 1 fully saturated rings. The molecule has 1 aliphatic carbocycles. The van der Waals surface area contributed by atoms with Crippen LogP contribution in [0, 0.1) is 12.8 Å². The molecule has 2 N–H and O–H groups in total. The molecule has 1 saturated carbocycles. The number of aryl methyl sites for hydroxylation is 1. The van der Waals surface area contributed by atoms with Crippen molar-refractivity contribution in [3.8, 4) is 0 Å². The Bertz CT molecular complexity index is 564. The SMILES string of the molecule is CCC1CC1NS(=O)(=O)c1cc(C)c(CNC(C)C)s1. The van der Waals surface area contributed by atoms with Crippen molar-refractivity contribution in [2.45, 2.75) is 63.4 Å². The molecule has 0 aromatic carbocycles. The van der Waals surface area contributed by atoms with E-state index in [1.165, 1.54) is 11.3 Å². The zero-order valence-corrected chi connectivity index (χ0v) is 14.2. The third-order valence-electron chi connectivity index (χ3n) is 3.69. The van der Waals surface area contributed by atoms with E-state index in [0.717, 1.165) is 29.8 Å². The maximum atomic E-state index is 12.3. The normalized spacial score (nSPS) is 22.4. The van der Waals surface area contributed by atoms with Crippen LogP contribution in [0.15, 0.2) is 10.3 Å². The Morgan fingerprint density at radius 1 is 1.45 bits per heavy atom. The summed E-state index contributed by atoms with van der Waals surface area (Å²) in [5.41, 5.74) is 1.05. The van der Waals surface area contributed by atoms with E-state index in [0.29, 0.717) is 16.2 Å². The quantitative estimate of drug-likeness (QED) is 0.813. The Hall–Kier alpha value is -0.430. The lowest BCUT2D eigenvalue weighted by atomic mass is 10.3. The van der Waals surface area contributed by atoms with Crippen LogP contribution in [-0.2, 0) is 16.6 Å². The minimum atomic E-state index is -3.34. The summed E-state index contributed by atoms with van der Waals surface area (Å²) in [5.74, 6) is 0.521. The lowest BCUT2D eigenvalue weighted by molar-refractivity contribution is 0.578. The van der Waals surface area contributed by atoms with Crippen LogP contribution in [0.4, 0.5) is 0 Å². The molecular formula is C14H24N2O2S2. The third kappa shape index (κ3) is 3.81. The first kappa shape index (κ1) is 15.9. The van der Waals surface area contributed by atoms with E-state index in [1.807, 2.05) is 6.92 Å². The van der Waals surface area contributed by atoms with Crippen molar-refractivity contribution in [1.29, 1.82) is 0 Å². The Balaban J connectivity index is 2.06. The molecule has 0 bridgehead atoms.